The number of aromatic nitrogens is 1. The molecule has 0 fully saturated rings. The number of benzene rings is 3. The molecule has 0 amide bonds. The van der Waals surface area contributed by atoms with Gasteiger partial charge in [0.25, 0.3) is 0 Å². The van der Waals surface area contributed by atoms with Crippen LogP contribution in [0.5, 0.6) is 0 Å². The Bertz CT molecular complexity index is 2220. The smallest absolute Gasteiger partial charge is 0.164 e. The summed E-state index contributed by atoms with van der Waals surface area (Å²) in [6.07, 6.45) is 8.43. The van der Waals surface area contributed by atoms with Crippen LogP contribution in [0.2, 0.25) is 0 Å². The van der Waals surface area contributed by atoms with Gasteiger partial charge < -0.3 is 13.9 Å². The van der Waals surface area contributed by atoms with Gasteiger partial charge in [-0.25, -0.2) is 0 Å². The van der Waals surface area contributed by atoms with E-state index in [0.29, 0.717) is 0 Å². The molecule has 52 heavy (non-hydrogen) atoms. The molecule has 0 atom stereocenters. The third-order valence-corrected chi connectivity index (χ3v) is 11.3. The van der Waals surface area contributed by atoms with Crippen LogP contribution in [0.1, 0.15) is 105 Å². The van der Waals surface area contributed by atoms with E-state index in [0.717, 1.165) is 86.7 Å². The van der Waals surface area contributed by atoms with Crippen molar-refractivity contribution in [2.45, 2.75) is 107 Å². The fourth-order valence-electron chi connectivity index (χ4n) is 6.69. The zero-order valence-corrected chi connectivity index (χ0v) is 35.1. The predicted octanol–water partition coefficient (Wildman–Crippen LogP) is 13.4. The van der Waals surface area contributed by atoms with Crippen LogP contribution in [0.15, 0.2) is 87.7 Å². The number of carbonyl (C=O) groups is 1. The molecular weight excluding hydrogens is 823 g/mol. The summed E-state index contributed by atoms with van der Waals surface area (Å²) in [4.78, 5) is 17.0. The van der Waals surface area contributed by atoms with E-state index in [1.807, 2.05) is 65.9 Å². The number of aliphatic hydroxyl groups excluding tert-OH is 1. The number of aryl methyl sites for hydroxylation is 2. The van der Waals surface area contributed by atoms with Crippen LogP contribution < -0.4 is 0 Å². The van der Waals surface area contributed by atoms with Crippen molar-refractivity contribution in [2.75, 3.05) is 0 Å². The van der Waals surface area contributed by atoms with Crippen molar-refractivity contribution in [3.05, 3.63) is 102 Å². The number of rotatable bonds is 9. The zero-order chi connectivity index (χ0) is 37.3. The Balaban J connectivity index is 0.000000289. The number of hydrogen-bond acceptors (Lipinski definition) is 5. The van der Waals surface area contributed by atoms with Crippen molar-refractivity contribution in [3.8, 4) is 22.6 Å². The number of allylic oxidation sites excluding steroid dienone is 2. The summed E-state index contributed by atoms with van der Waals surface area (Å²) in [6, 6.07) is 22.4. The van der Waals surface area contributed by atoms with Gasteiger partial charge >= 0.3 is 0 Å². The molecule has 6 rings (SSSR count). The minimum Gasteiger partial charge on any atom is -0.512 e. The average molecular weight is 877 g/mol. The second kappa shape index (κ2) is 15.9. The molecule has 6 heteroatoms. The molecule has 0 unspecified atom stereocenters. The molecule has 3 aromatic heterocycles. The summed E-state index contributed by atoms with van der Waals surface area (Å²) in [7, 11) is 0. The van der Waals surface area contributed by atoms with Gasteiger partial charge in [-0.15, -0.1) is 29.1 Å². The summed E-state index contributed by atoms with van der Waals surface area (Å²) in [6.45, 7) is 23.0. The van der Waals surface area contributed by atoms with Gasteiger partial charge in [-0.05, 0) is 62.6 Å². The minimum atomic E-state index is -0.337. The van der Waals surface area contributed by atoms with Gasteiger partial charge in [0.05, 0.1) is 6.26 Å². The first-order chi connectivity index (χ1) is 24.1. The third-order valence-electron chi connectivity index (χ3n) is 11.3. The average Bonchev–Trinajstić information content (AvgIpc) is 3.69. The number of furan rings is 2. The molecule has 0 aliphatic carbocycles. The molecule has 1 radical (unpaired) electrons. The largest absolute Gasteiger partial charge is 0.512 e. The molecule has 0 spiro atoms. The summed E-state index contributed by atoms with van der Waals surface area (Å²) in [5.74, 6) is 1.14. The van der Waals surface area contributed by atoms with E-state index in [1.165, 1.54) is 17.0 Å². The Kier molecular flexibility index (Phi) is 12.5. The van der Waals surface area contributed by atoms with E-state index in [-0.39, 0.29) is 47.9 Å². The van der Waals surface area contributed by atoms with Crippen molar-refractivity contribution in [2.24, 2.45) is 10.8 Å². The molecule has 3 heterocycles. The van der Waals surface area contributed by atoms with Crippen molar-refractivity contribution in [1.82, 2.24) is 4.98 Å². The Morgan fingerprint density at radius 3 is 2.15 bits per heavy atom. The predicted molar refractivity (Wildman–Crippen MR) is 212 cm³/mol. The standard InChI is InChI=1S/C31H26NO2.C15H28O2.Ir/c1-18-17-33-26-12-8-11-24(27(18)26)29-19(2)22-13-14-32-28(30(22)34-29)21-15-20-9-6-7-10-23(20)25(16-21)31(3,4)5;1-7-14(5,8-2)12(16)11-13(17)15(6,9-3)10-4;/h6-14,16-17H,1-5H3;11,16H,7-10H2,1-6H3;/q-1;;/b;12-11-;. The molecule has 0 aliphatic rings. The Morgan fingerprint density at radius 2 is 1.52 bits per heavy atom. The quantitative estimate of drug-likeness (QED) is 0.0889. The second-order valence-electron chi connectivity index (χ2n) is 15.5. The SMILES string of the molecule is CCC(C)(CC)C(=O)/C=C(\O)C(C)(CC)CC.Cc1c(-c2cccc3occ(C)c23)oc2c(-c3[c-]c4ccccc4c(C(C)(C)C)c3)nccc12.[Ir]. The Morgan fingerprint density at radius 1 is 0.865 bits per heavy atom. The topological polar surface area (TPSA) is 76.5 Å². The van der Waals surface area contributed by atoms with Crippen molar-refractivity contribution in [1.29, 1.82) is 0 Å². The molecule has 3 aromatic carbocycles. The first-order valence-corrected chi connectivity index (χ1v) is 18.4. The summed E-state index contributed by atoms with van der Waals surface area (Å²) in [5.41, 5.74) is 7.32. The van der Waals surface area contributed by atoms with Crippen LogP contribution in [-0.2, 0) is 30.3 Å². The van der Waals surface area contributed by atoms with Crippen molar-refractivity contribution >= 4 is 38.5 Å². The monoisotopic (exact) mass is 877 g/mol. The number of hydrogen-bond donors (Lipinski definition) is 1. The van der Waals surface area contributed by atoms with Crippen LogP contribution in [0, 0.1) is 30.7 Å². The summed E-state index contributed by atoms with van der Waals surface area (Å²) < 4.78 is 12.4. The Labute approximate surface area is 323 Å². The van der Waals surface area contributed by atoms with E-state index < -0.39 is 0 Å². The fourth-order valence-corrected chi connectivity index (χ4v) is 6.69. The maximum atomic E-state index is 12.2. The second-order valence-corrected chi connectivity index (χ2v) is 15.5. The molecule has 5 nitrogen and oxygen atoms in total. The van der Waals surface area contributed by atoms with E-state index in [9.17, 15) is 9.90 Å². The molecule has 6 aromatic rings. The molecular formula is C46H54IrNO4-. The molecule has 1 N–H and O–H groups in total. The van der Waals surface area contributed by atoms with Crippen LogP contribution in [0.4, 0.5) is 0 Å². The van der Waals surface area contributed by atoms with Crippen LogP contribution in [0.25, 0.3) is 55.3 Å². The van der Waals surface area contributed by atoms with Gasteiger partial charge in [0.1, 0.15) is 22.7 Å². The first-order valence-electron chi connectivity index (χ1n) is 18.4. The zero-order valence-electron chi connectivity index (χ0n) is 32.7. The number of nitrogens with zero attached hydrogens (tertiary/aromatic N) is 1. The minimum absolute atomic E-state index is 0. The van der Waals surface area contributed by atoms with Crippen LogP contribution in [0.3, 0.4) is 0 Å². The molecule has 0 saturated heterocycles. The van der Waals surface area contributed by atoms with E-state index >= 15 is 0 Å². The summed E-state index contributed by atoms with van der Waals surface area (Å²) in [5, 5.41) is 14.6. The van der Waals surface area contributed by atoms with Gasteiger partial charge in [0.15, 0.2) is 5.78 Å². The summed E-state index contributed by atoms with van der Waals surface area (Å²) >= 11 is 0. The fraction of sp³-hybridized carbons (Fsp3) is 0.391. The normalized spacial score (nSPS) is 12.6. The van der Waals surface area contributed by atoms with Gasteiger partial charge in [0.2, 0.25) is 0 Å². The van der Waals surface area contributed by atoms with E-state index in [4.69, 9.17) is 13.8 Å². The number of aliphatic hydroxyl groups is 1. The maximum Gasteiger partial charge on any atom is 0.164 e. The first kappa shape index (κ1) is 40.8. The molecule has 0 saturated carbocycles. The third kappa shape index (κ3) is 7.70. The number of ketones is 1. The van der Waals surface area contributed by atoms with Gasteiger partial charge in [-0.1, -0.05) is 104 Å². The maximum absolute atomic E-state index is 12.2. The number of carbonyl (C=O) groups excluding carboxylic acids is 1. The van der Waals surface area contributed by atoms with E-state index in [1.54, 1.807) is 6.26 Å². The van der Waals surface area contributed by atoms with Gasteiger partial charge in [-0.2, -0.15) is 0 Å². The molecule has 277 valence electrons. The Hall–Kier alpha value is -3.99. The number of fused-ring (bicyclic) bond motifs is 3. The van der Waals surface area contributed by atoms with Crippen molar-refractivity contribution < 1.29 is 38.8 Å². The van der Waals surface area contributed by atoms with Gasteiger partial charge in [0, 0.05) is 70.8 Å². The van der Waals surface area contributed by atoms with Crippen LogP contribution in [-0.4, -0.2) is 15.9 Å². The van der Waals surface area contributed by atoms with E-state index in [2.05, 4.69) is 77.1 Å². The number of pyridine rings is 1. The van der Waals surface area contributed by atoms with Gasteiger partial charge in [-0.3, -0.25) is 9.78 Å². The van der Waals surface area contributed by atoms with Crippen molar-refractivity contribution in [3.63, 3.8) is 0 Å². The molecule has 0 bridgehead atoms. The molecule has 0 aliphatic heterocycles. The van der Waals surface area contributed by atoms with Crippen LogP contribution >= 0.6 is 0 Å².